The Bertz CT molecular complexity index is 3390. The number of rotatable bonds is 5. The molecule has 0 spiro atoms. The molecule has 0 fully saturated rings. The van der Waals surface area contributed by atoms with Crippen LogP contribution in [-0.4, -0.2) is 19.5 Å². The predicted molar refractivity (Wildman–Crippen MR) is 237 cm³/mol. The highest BCUT2D eigenvalue weighted by Crippen LogP contribution is 2.55. The largest absolute Gasteiger partial charge is 0.456 e. The topological polar surface area (TPSA) is 60.0 Å². The van der Waals surface area contributed by atoms with Crippen molar-refractivity contribution >= 4 is 72.6 Å². The maximum atomic E-state index is 6.29. The smallest absolute Gasteiger partial charge is 0.164 e. The first kappa shape index (κ1) is 32.7. The zero-order valence-corrected chi connectivity index (χ0v) is 31.8. The van der Waals surface area contributed by atoms with Crippen molar-refractivity contribution in [2.45, 2.75) is 9.79 Å². The third-order valence-corrected chi connectivity index (χ3v) is 12.1. The third-order valence-electron chi connectivity index (χ3n) is 11.0. The highest BCUT2D eigenvalue weighted by molar-refractivity contribution is 7.99. The summed E-state index contributed by atoms with van der Waals surface area (Å²) in [6.07, 6.45) is 0. The molecule has 1 aliphatic heterocycles. The van der Waals surface area contributed by atoms with Crippen LogP contribution in [0.5, 0.6) is 0 Å². The average molecular weight is 762 g/mol. The summed E-state index contributed by atoms with van der Waals surface area (Å²) in [6, 6.07) is 65.6. The quantitative estimate of drug-likeness (QED) is 0.174. The summed E-state index contributed by atoms with van der Waals surface area (Å²) in [4.78, 5) is 20.4. The van der Waals surface area contributed by atoms with Crippen molar-refractivity contribution < 1.29 is 4.42 Å². The van der Waals surface area contributed by atoms with E-state index in [4.69, 9.17) is 19.4 Å². The van der Waals surface area contributed by atoms with Gasteiger partial charge in [-0.2, -0.15) is 0 Å². The lowest BCUT2D eigenvalue weighted by Crippen LogP contribution is -2.16. The van der Waals surface area contributed by atoms with Crippen molar-refractivity contribution in [3.63, 3.8) is 0 Å². The highest BCUT2D eigenvalue weighted by Gasteiger charge is 2.30. The summed E-state index contributed by atoms with van der Waals surface area (Å²) in [5.74, 6) is 1.79. The fraction of sp³-hybridized carbons (Fsp3) is 0. The van der Waals surface area contributed by atoms with E-state index >= 15 is 0 Å². The minimum Gasteiger partial charge on any atom is -0.456 e. The van der Waals surface area contributed by atoms with Gasteiger partial charge in [0.15, 0.2) is 17.5 Å². The number of benzene rings is 8. The van der Waals surface area contributed by atoms with Crippen LogP contribution in [0.4, 0.5) is 17.1 Å². The van der Waals surface area contributed by atoms with Gasteiger partial charge in [-0.3, -0.25) is 0 Å². The van der Waals surface area contributed by atoms with Crippen LogP contribution in [0, 0.1) is 0 Å². The third kappa shape index (κ3) is 5.10. The van der Waals surface area contributed by atoms with Crippen LogP contribution in [0.25, 0.3) is 83.6 Å². The normalized spacial score (nSPS) is 12.4. The molecule has 4 heterocycles. The second-order valence-electron chi connectivity index (χ2n) is 14.4. The van der Waals surface area contributed by atoms with Gasteiger partial charge in [-0.15, -0.1) is 0 Å². The number of anilines is 3. The monoisotopic (exact) mass is 761 g/mol. The van der Waals surface area contributed by atoms with Gasteiger partial charge in [0.2, 0.25) is 0 Å². The van der Waals surface area contributed by atoms with E-state index in [1.54, 1.807) is 0 Å². The summed E-state index contributed by atoms with van der Waals surface area (Å²) in [6.45, 7) is 0. The van der Waals surface area contributed by atoms with E-state index in [9.17, 15) is 0 Å². The molecular formula is C51H31N5OS. The minimum absolute atomic E-state index is 0.589. The van der Waals surface area contributed by atoms with Crippen LogP contribution in [0.2, 0.25) is 0 Å². The average Bonchev–Trinajstić information content (AvgIpc) is 3.85. The molecule has 11 aromatic rings. The van der Waals surface area contributed by atoms with E-state index in [-0.39, 0.29) is 0 Å². The summed E-state index contributed by atoms with van der Waals surface area (Å²) in [5, 5.41) is 4.39. The molecule has 1 aliphatic rings. The van der Waals surface area contributed by atoms with Crippen LogP contribution < -0.4 is 4.90 Å². The van der Waals surface area contributed by atoms with Gasteiger partial charge in [-0.05, 0) is 60.7 Å². The van der Waals surface area contributed by atoms with Gasteiger partial charge < -0.3 is 13.9 Å². The van der Waals surface area contributed by atoms with Gasteiger partial charge in [-0.1, -0.05) is 139 Å². The Kier molecular flexibility index (Phi) is 7.36. The first-order chi connectivity index (χ1) is 28.8. The lowest BCUT2D eigenvalue weighted by Gasteiger charge is -2.34. The molecule has 0 radical (unpaired) electrons. The summed E-state index contributed by atoms with van der Waals surface area (Å²) >= 11 is 1.82. The van der Waals surface area contributed by atoms with Gasteiger partial charge in [0, 0.05) is 59.4 Å². The Balaban J connectivity index is 1.10. The predicted octanol–water partition coefficient (Wildman–Crippen LogP) is 13.8. The number of hydrogen-bond acceptors (Lipinski definition) is 6. The molecule has 0 saturated heterocycles. The molecule has 0 atom stereocenters. The second-order valence-corrected chi connectivity index (χ2v) is 15.5. The molecule has 0 saturated carbocycles. The minimum atomic E-state index is 0.589. The molecule has 6 nitrogen and oxygen atoms in total. The van der Waals surface area contributed by atoms with Crippen molar-refractivity contribution in [2.24, 2.45) is 0 Å². The number of furan rings is 1. The Morgan fingerprint density at radius 2 is 1.10 bits per heavy atom. The Labute approximate surface area is 337 Å². The van der Waals surface area contributed by atoms with E-state index in [0.717, 1.165) is 72.4 Å². The standard InChI is InChI=1S/C51H31N5OS/c1-3-15-32(16-4-1)49-52-50(54-51(53-49)39-23-14-27-43-46(39)38-22-8-11-26-42(38)57-43)33-17-13-20-35(31-33)56-40-24-9-7-21-36(40)37-29-30-45-48(47(37)56)55(34-18-5-2-6-19-34)41-25-10-12-28-44(41)58-45/h1-31H. The molecule has 8 aromatic carbocycles. The zero-order chi connectivity index (χ0) is 38.2. The maximum absolute atomic E-state index is 6.29. The van der Waals surface area contributed by atoms with Crippen LogP contribution >= 0.6 is 11.8 Å². The molecule has 7 heteroatoms. The molecule has 12 rings (SSSR count). The fourth-order valence-electron chi connectivity index (χ4n) is 8.49. The van der Waals surface area contributed by atoms with Crippen LogP contribution in [0.15, 0.2) is 202 Å². The Morgan fingerprint density at radius 1 is 0.448 bits per heavy atom. The number of fused-ring (bicyclic) bond motifs is 9. The first-order valence-electron chi connectivity index (χ1n) is 19.3. The van der Waals surface area contributed by atoms with Crippen LogP contribution in [0.3, 0.4) is 0 Å². The van der Waals surface area contributed by atoms with Crippen molar-refractivity contribution in [1.82, 2.24) is 19.5 Å². The molecule has 0 N–H and O–H groups in total. The molecule has 0 aliphatic carbocycles. The Morgan fingerprint density at radius 3 is 1.98 bits per heavy atom. The Hall–Kier alpha value is -7.48. The number of hydrogen-bond donors (Lipinski definition) is 0. The lowest BCUT2D eigenvalue weighted by molar-refractivity contribution is 0.669. The van der Waals surface area contributed by atoms with Crippen LogP contribution in [-0.2, 0) is 0 Å². The fourth-order valence-corrected chi connectivity index (χ4v) is 9.56. The number of nitrogens with zero attached hydrogens (tertiary/aromatic N) is 5. The molecule has 58 heavy (non-hydrogen) atoms. The second kappa shape index (κ2) is 13.0. The maximum Gasteiger partial charge on any atom is 0.164 e. The van der Waals surface area contributed by atoms with Gasteiger partial charge in [0.05, 0.1) is 22.4 Å². The van der Waals surface area contributed by atoms with Crippen molar-refractivity contribution in [2.75, 3.05) is 4.90 Å². The summed E-state index contributed by atoms with van der Waals surface area (Å²) < 4.78 is 8.70. The van der Waals surface area contributed by atoms with E-state index in [1.165, 1.54) is 20.6 Å². The van der Waals surface area contributed by atoms with Gasteiger partial charge in [-0.25, -0.2) is 15.0 Å². The van der Waals surface area contributed by atoms with Gasteiger partial charge in [0.1, 0.15) is 11.2 Å². The lowest BCUT2D eigenvalue weighted by atomic mass is 10.1. The number of aromatic nitrogens is 4. The molecule has 3 aromatic heterocycles. The first-order valence-corrected chi connectivity index (χ1v) is 20.1. The molecule has 0 unspecified atom stereocenters. The van der Waals surface area contributed by atoms with E-state index in [0.29, 0.717) is 17.5 Å². The zero-order valence-electron chi connectivity index (χ0n) is 31.0. The van der Waals surface area contributed by atoms with Crippen molar-refractivity contribution in [3.05, 3.63) is 188 Å². The van der Waals surface area contributed by atoms with E-state index in [1.807, 2.05) is 72.4 Å². The molecule has 0 bridgehead atoms. The SMILES string of the molecule is c1ccc(-c2nc(-c3cccc(-n4c5ccccc5c5ccc6c(c54)N(c4ccccc4)c4ccccc4S6)c3)nc(-c3cccc4oc5ccccc5c34)n2)cc1. The van der Waals surface area contributed by atoms with Crippen molar-refractivity contribution in [3.8, 4) is 39.9 Å². The van der Waals surface area contributed by atoms with Gasteiger partial charge in [0.25, 0.3) is 0 Å². The van der Waals surface area contributed by atoms with E-state index < -0.39 is 0 Å². The molecule has 272 valence electrons. The summed E-state index contributed by atoms with van der Waals surface area (Å²) in [5.41, 5.74) is 11.0. The van der Waals surface area contributed by atoms with E-state index in [2.05, 4.69) is 137 Å². The van der Waals surface area contributed by atoms with Crippen molar-refractivity contribution in [1.29, 1.82) is 0 Å². The number of para-hydroxylation sites is 4. The van der Waals surface area contributed by atoms with Gasteiger partial charge >= 0.3 is 0 Å². The molecular weight excluding hydrogens is 731 g/mol. The molecule has 0 amide bonds. The summed E-state index contributed by atoms with van der Waals surface area (Å²) in [7, 11) is 0. The van der Waals surface area contributed by atoms with Crippen LogP contribution in [0.1, 0.15) is 0 Å². The highest BCUT2D eigenvalue weighted by atomic mass is 32.2.